The molecule has 2 fully saturated rings. The van der Waals surface area contributed by atoms with Crippen LogP contribution in [0.5, 0.6) is 0 Å². The van der Waals surface area contributed by atoms with Crippen molar-refractivity contribution >= 4 is 16.0 Å². The van der Waals surface area contributed by atoms with E-state index in [9.17, 15) is 26.4 Å². The Morgan fingerprint density at radius 3 is 2.62 bits per heavy atom. The van der Waals surface area contributed by atoms with Crippen LogP contribution in [0.25, 0.3) is 22.7 Å². The second-order valence-electron chi connectivity index (χ2n) is 11.5. The van der Waals surface area contributed by atoms with Gasteiger partial charge in [-0.3, -0.25) is 0 Å². The summed E-state index contributed by atoms with van der Waals surface area (Å²) in [4.78, 5) is 16.2. The van der Waals surface area contributed by atoms with Crippen LogP contribution in [0.4, 0.5) is 13.2 Å². The third-order valence-corrected chi connectivity index (χ3v) is 8.86. The van der Waals surface area contributed by atoms with Gasteiger partial charge in [-0.25, -0.2) is 36.5 Å². The quantitative estimate of drug-likeness (QED) is 0.173. The zero-order valence-electron chi connectivity index (χ0n) is 24.4. The molecule has 2 aromatic carbocycles. The summed E-state index contributed by atoms with van der Waals surface area (Å²) in [7, 11) is -4.25. The Morgan fingerprint density at radius 2 is 1.96 bits per heavy atom. The van der Waals surface area contributed by atoms with Crippen LogP contribution in [0.2, 0.25) is 0 Å². The van der Waals surface area contributed by atoms with Crippen LogP contribution in [0.3, 0.4) is 0 Å². The summed E-state index contributed by atoms with van der Waals surface area (Å²) in [6, 6.07) is 13.0. The van der Waals surface area contributed by atoms with E-state index in [1.54, 1.807) is 13.0 Å². The lowest BCUT2D eigenvalue weighted by Gasteiger charge is -2.31. The zero-order valence-corrected chi connectivity index (χ0v) is 25.2. The van der Waals surface area contributed by atoms with E-state index >= 15 is 0 Å². The first kappa shape index (κ1) is 30.7. The summed E-state index contributed by atoms with van der Waals surface area (Å²) in [5.74, 6) is 1.99. The van der Waals surface area contributed by atoms with Gasteiger partial charge in [0.15, 0.2) is 5.69 Å². The number of carbonyl (C=O) groups is 1. The van der Waals surface area contributed by atoms with E-state index in [-0.39, 0.29) is 43.5 Å². The lowest BCUT2D eigenvalue weighted by Crippen LogP contribution is -2.34. The van der Waals surface area contributed by atoms with Crippen LogP contribution < -0.4 is 5.14 Å². The number of halogens is 3. The van der Waals surface area contributed by atoms with E-state index in [2.05, 4.69) is 16.8 Å². The first-order valence-corrected chi connectivity index (χ1v) is 16.1. The third-order valence-electron chi connectivity index (χ3n) is 7.92. The fraction of sp³-hybridized carbons (Fsp3) is 0.333. The molecule has 4 aromatic rings. The predicted molar refractivity (Wildman–Crippen MR) is 159 cm³/mol. The molecule has 0 amide bonds. The highest BCUT2D eigenvalue weighted by Gasteiger charge is 2.44. The van der Waals surface area contributed by atoms with Crippen molar-refractivity contribution in [3.8, 4) is 34.6 Å². The zero-order chi connectivity index (χ0) is 31.9. The molecule has 0 unspecified atom stereocenters. The number of hydrogen-bond donors (Lipinski definition) is 1. The van der Waals surface area contributed by atoms with Crippen LogP contribution in [-0.4, -0.2) is 36.5 Å². The molecule has 0 aliphatic heterocycles. The number of alkyl halides is 2. The van der Waals surface area contributed by atoms with Gasteiger partial charge in [0, 0.05) is 42.3 Å². The molecule has 0 saturated heterocycles. The predicted octanol–water partition coefficient (Wildman–Crippen LogP) is 6.17. The Hall–Kier alpha value is -4.34. The van der Waals surface area contributed by atoms with Crippen molar-refractivity contribution in [1.29, 1.82) is 0 Å². The van der Waals surface area contributed by atoms with E-state index in [4.69, 9.17) is 14.3 Å². The van der Waals surface area contributed by atoms with Crippen molar-refractivity contribution in [2.24, 2.45) is 17.0 Å². The second kappa shape index (κ2) is 11.9. The van der Waals surface area contributed by atoms with Gasteiger partial charge in [-0.1, -0.05) is 30.0 Å². The Morgan fingerprint density at radius 1 is 1.18 bits per heavy atom. The van der Waals surface area contributed by atoms with Crippen molar-refractivity contribution in [2.45, 2.75) is 56.4 Å². The summed E-state index contributed by atoms with van der Waals surface area (Å²) < 4.78 is 78.0. The normalized spacial score (nSPS) is 16.1. The fourth-order valence-corrected chi connectivity index (χ4v) is 6.05. The molecular weight excluding hydrogens is 607 g/mol. The maximum Gasteiger partial charge on any atom is 0.360 e. The fourth-order valence-electron chi connectivity index (χ4n) is 5.47. The van der Waals surface area contributed by atoms with Gasteiger partial charge < -0.3 is 13.7 Å². The van der Waals surface area contributed by atoms with Gasteiger partial charge >= 0.3 is 5.97 Å². The van der Waals surface area contributed by atoms with Gasteiger partial charge in [0.1, 0.15) is 17.0 Å². The first-order chi connectivity index (χ1) is 21.4. The lowest BCUT2D eigenvalue weighted by atomic mass is 9.82. The van der Waals surface area contributed by atoms with E-state index < -0.39 is 32.6 Å². The number of rotatable bonds is 9. The molecule has 0 radical (unpaired) electrons. The van der Waals surface area contributed by atoms with E-state index in [0.29, 0.717) is 34.7 Å². The number of oxazole rings is 1. The van der Waals surface area contributed by atoms with Gasteiger partial charge in [0.05, 0.1) is 12.2 Å². The van der Waals surface area contributed by atoms with Crippen molar-refractivity contribution in [3.05, 3.63) is 83.1 Å². The molecule has 2 aromatic heterocycles. The smallest absolute Gasteiger partial charge is 0.360 e. The van der Waals surface area contributed by atoms with Crippen LogP contribution in [0, 0.1) is 29.5 Å². The minimum Gasteiger partial charge on any atom is -0.461 e. The Kier molecular flexibility index (Phi) is 8.09. The van der Waals surface area contributed by atoms with Gasteiger partial charge in [-0.05, 0) is 73.6 Å². The van der Waals surface area contributed by atoms with Crippen molar-refractivity contribution in [3.63, 3.8) is 0 Å². The molecule has 0 atom stereocenters. The molecule has 45 heavy (non-hydrogen) atoms. The number of benzene rings is 2. The van der Waals surface area contributed by atoms with Gasteiger partial charge in [-0.2, -0.15) is 0 Å². The molecule has 2 heterocycles. The van der Waals surface area contributed by atoms with E-state index in [1.807, 2.05) is 28.8 Å². The van der Waals surface area contributed by atoms with Crippen molar-refractivity contribution in [2.75, 3.05) is 6.61 Å². The van der Waals surface area contributed by atoms with Crippen LogP contribution in [0.1, 0.15) is 59.9 Å². The largest absolute Gasteiger partial charge is 0.461 e. The monoisotopic (exact) mass is 637 g/mol. The third kappa shape index (κ3) is 6.84. The number of hydrogen-bond acceptors (Lipinski definition) is 6. The number of nitrogens with two attached hydrogens (primary N) is 1. The Bertz CT molecular complexity index is 1940. The maximum absolute atomic E-state index is 14.9. The minimum absolute atomic E-state index is 0.0259. The number of aromatic nitrogens is 2. The maximum atomic E-state index is 14.9. The SMILES string of the molecule is CCOC(=O)c1coc(-c2cc(-c3cccc(C#CC4CC(F)(F)C4)c3)n(Cc3ccc(S(N)(=O)=O)c(F)c3)c2CC2CC2)n1. The van der Waals surface area contributed by atoms with E-state index in [0.717, 1.165) is 36.2 Å². The highest BCUT2D eigenvalue weighted by Crippen LogP contribution is 2.42. The molecule has 6 rings (SSSR count). The van der Waals surface area contributed by atoms with Gasteiger partial charge in [0.25, 0.3) is 5.92 Å². The molecule has 0 bridgehead atoms. The Balaban J connectivity index is 1.45. The highest BCUT2D eigenvalue weighted by molar-refractivity contribution is 7.89. The number of carbonyl (C=O) groups excluding carboxylic acids is 1. The van der Waals surface area contributed by atoms with E-state index in [1.165, 1.54) is 12.3 Å². The average molecular weight is 638 g/mol. The molecule has 8 nitrogen and oxygen atoms in total. The Labute approximate surface area is 258 Å². The van der Waals surface area contributed by atoms with Crippen LogP contribution >= 0.6 is 0 Å². The standard InChI is InChI=1S/C33H30F3N3O5S/c1-2-43-32(40)27-19-44-31(38-27)25-15-28(24-5-3-4-20(12-24)8-9-23-16-33(35,36)17-23)39(29(25)14-21-6-7-21)18-22-10-11-30(26(34)13-22)45(37,41)42/h3-5,10-13,15,19,21,23H,2,6-7,14,16-18H2,1H3,(H2,37,41,42). The summed E-state index contributed by atoms with van der Waals surface area (Å²) >= 11 is 0. The summed E-state index contributed by atoms with van der Waals surface area (Å²) in [5.41, 5.74) is 4.11. The number of esters is 1. The lowest BCUT2D eigenvalue weighted by molar-refractivity contribution is -0.0936. The molecule has 2 aliphatic rings. The van der Waals surface area contributed by atoms with Crippen molar-refractivity contribution < 1.29 is 35.5 Å². The van der Waals surface area contributed by atoms with Gasteiger partial charge in [0.2, 0.25) is 15.9 Å². The number of sulfonamides is 1. The second-order valence-corrected chi connectivity index (χ2v) is 13.0. The molecule has 234 valence electrons. The minimum atomic E-state index is -4.25. The van der Waals surface area contributed by atoms with Crippen LogP contribution in [-0.2, 0) is 27.7 Å². The summed E-state index contributed by atoms with van der Waals surface area (Å²) in [5, 5.41) is 5.17. The number of ether oxygens (including phenoxy) is 1. The molecule has 0 spiro atoms. The van der Waals surface area contributed by atoms with Gasteiger partial charge in [-0.15, -0.1) is 0 Å². The molecule has 2 N–H and O–H groups in total. The molecular formula is C33H30F3N3O5S. The van der Waals surface area contributed by atoms with Crippen molar-refractivity contribution in [1.82, 2.24) is 9.55 Å². The van der Waals surface area contributed by atoms with Crippen LogP contribution in [0.15, 0.2) is 64.1 Å². The number of nitrogens with zero attached hydrogens (tertiary/aromatic N) is 2. The first-order valence-electron chi connectivity index (χ1n) is 14.6. The molecule has 2 aliphatic carbocycles. The highest BCUT2D eigenvalue weighted by atomic mass is 32.2. The average Bonchev–Trinajstić information content (AvgIpc) is 3.53. The number of primary sulfonamides is 1. The summed E-state index contributed by atoms with van der Waals surface area (Å²) in [6.07, 6.45) is 3.46. The molecule has 2 saturated carbocycles. The topological polar surface area (TPSA) is 117 Å². The summed E-state index contributed by atoms with van der Waals surface area (Å²) in [6.45, 7) is 2.03. The molecule has 12 heteroatoms.